The summed E-state index contributed by atoms with van der Waals surface area (Å²) in [5.74, 6) is 0.169. The molecule has 0 aliphatic carbocycles. The summed E-state index contributed by atoms with van der Waals surface area (Å²) in [5, 5.41) is 20.6. The average molecular weight is 376 g/mol. The van der Waals surface area contributed by atoms with Crippen LogP contribution in [0.1, 0.15) is 33.2 Å². The van der Waals surface area contributed by atoms with Crippen LogP contribution in [0, 0.1) is 11.3 Å². The first kappa shape index (κ1) is 19.3. The largest absolute Gasteiger partial charge is 0.324 e. The van der Waals surface area contributed by atoms with Gasteiger partial charge in [-0.3, -0.25) is 4.79 Å². The van der Waals surface area contributed by atoms with E-state index in [-0.39, 0.29) is 23.0 Å². The summed E-state index contributed by atoms with van der Waals surface area (Å²) in [6.07, 6.45) is 2.14. The maximum Gasteiger partial charge on any atom is 0.234 e. The van der Waals surface area contributed by atoms with Crippen LogP contribution in [0.25, 0.3) is 0 Å². The Balaban J connectivity index is 1.96. The number of hydrogen-bond acceptors (Lipinski definition) is 6. The number of rotatable bonds is 8. The fourth-order valence-corrected chi connectivity index (χ4v) is 3.90. The minimum Gasteiger partial charge on any atom is -0.324 e. The average Bonchev–Trinajstić information content (AvgIpc) is 3.04. The highest BCUT2D eigenvalue weighted by Gasteiger charge is 2.13. The monoisotopic (exact) mass is 375 g/mol. The number of carbonyl (C=O) groups excluding carboxylic acids is 1. The Morgan fingerprint density at radius 1 is 1.36 bits per heavy atom. The van der Waals surface area contributed by atoms with Crippen molar-refractivity contribution in [3.63, 3.8) is 0 Å². The van der Waals surface area contributed by atoms with E-state index < -0.39 is 0 Å². The second-order valence-electron chi connectivity index (χ2n) is 5.74. The van der Waals surface area contributed by atoms with Crippen molar-refractivity contribution in [1.82, 2.24) is 14.8 Å². The molecule has 1 aromatic carbocycles. The number of nitriles is 1. The Morgan fingerprint density at radius 3 is 2.84 bits per heavy atom. The van der Waals surface area contributed by atoms with E-state index in [0.29, 0.717) is 6.42 Å². The molecule has 1 heterocycles. The number of nitrogens with zero attached hydrogens (tertiary/aromatic N) is 4. The minimum atomic E-state index is -0.0932. The number of thioether (sulfide) groups is 2. The second-order valence-corrected chi connectivity index (χ2v) is 8.16. The fourth-order valence-electron chi connectivity index (χ4n) is 2.07. The molecule has 1 atom stereocenters. The SMILES string of the molecule is CC(C)n1cnnc1SCC(=O)Nc1ccccc1S[C@@H](C)CC#N. The summed E-state index contributed by atoms with van der Waals surface area (Å²) < 4.78 is 1.94. The summed E-state index contributed by atoms with van der Waals surface area (Å²) in [4.78, 5) is 13.3. The van der Waals surface area contributed by atoms with Gasteiger partial charge in [0, 0.05) is 22.6 Å². The van der Waals surface area contributed by atoms with Gasteiger partial charge in [-0.25, -0.2) is 0 Å². The number of para-hydroxylation sites is 1. The zero-order chi connectivity index (χ0) is 18.2. The van der Waals surface area contributed by atoms with Gasteiger partial charge in [0.2, 0.25) is 5.91 Å². The maximum atomic E-state index is 12.3. The molecule has 0 unspecified atom stereocenters. The predicted octanol–water partition coefficient (Wildman–Crippen LogP) is 3.98. The molecule has 0 saturated carbocycles. The van der Waals surface area contributed by atoms with Gasteiger partial charge in [0.25, 0.3) is 0 Å². The first-order valence-corrected chi connectivity index (χ1v) is 9.82. The number of anilines is 1. The van der Waals surface area contributed by atoms with E-state index in [4.69, 9.17) is 5.26 Å². The van der Waals surface area contributed by atoms with Crippen molar-refractivity contribution in [1.29, 1.82) is 5.26 Å². The van der Waals surface area contributed by atoms with E-state index in [0.717, 1.165) is 15.7 Å². The molecule has 1 N–H and O–H groups in total. The van der Waals surface area contributed by atoms with Crippen molar-refractivity contribution in [2.75, 3.05) is 11.1 Å². The van der Waals surface area contributed by atoms with Crippen LogP contribution >= 0.6 is 23.5 Å². The van der Waals surface area contributed by atoms with E-state index >= 15 is 0 Å². The molecule has 0 spiro atoms. The van der Waals surface area contributed by atoms with Gasteiger partial charge in [-0.05, 0) is 26.0 Å². The Bertz CT molecular complexity index is 753. The van der Waals surface area contributed by atoms with Crippen molar-refractivity contribution in [2.45, 2.75) is 48.5 Å². The molecular formula is C17H21N5OS2. The van der Waals surface area contributed by atoms with Gasteiger partial charge in [0.15, 0.2) is 5.16 Å². The molecule has 0 aliphatic rings. The Labute approximate surface area is 156 Å². The number of hydrogen-bond donors (Lipinski definition) is 1. The molecule has 8 heteroatoms. The quantitative estimate of drug-likeness (QED) is 0.703. The lowest BCUT2D eigenvalue weighted by Crippen LogP contribution is -2.15. The van der Waals surface area contributed by atoms with Gasteiger partial charge >= 0.3 is 0 Å². The minimum absolute atomic E-state index is 0.0932. The highest BCUT2D eigenvalue weighted by atomic mass is 32.2. The van der Waals surface area contributed by atoms with Crippen LogP contribution < -0.4 is 5.32 Å². The van der Waals surface area contributed by atoms with E-state index in [1.54, 1.807) is 18.1 Å². The van der Waals surface area contributed by atoms with Crippen LogP contribution in [0.15, 0.2) is 40.6 Å². The van der Waals surface area contributed by atoms with Crippen LogP contribution in [-0.4, -0.2) is 31.7 Å². The third kappa shape index (κ3) is 5.80. The molecule has 6 nitrogen and oxygen atoms in total. The molecular weight excluding hydrogens is 354 g/mol. The molecule has 1 amide bonds. The Hall–Kier alpha value is -1.98. The molecule has 25 heavy (non-hydrogen) atoms. The third-order valence-corrected chi connectivity index (χ3v) is 5.43. The number of benzene rings is 1. The lowest BCUT2D eigenvalue weighted by molar-refractivity contribution is -0.113. The van der Waals surface area contributed by atoms with Gasteiger partial charge in [-0.2, -0.15) is 5.26 Å². The molecule has 0 fully saturated rings. The molecule has 2 aromatic rings. The number of amides is 1. The van der Waals surface area contributed by atoms with E-state index in [1.807, 2.05) is 49.6 Å². The van der Waals surface area contributed by atoms with E-state index in [1.165, 1.54) is 11.8 Å². The smallest absolute Gasteiger partial charge is 0.234 e. The van der Waals surface area contributed by atoms with Gasteiger partial charge in [0.1, 0.15) is 6.33 Å². The molecule has 132 valence electrons. The summed E-state index contributed by atoms with van der Waals surface area (Å²) >= 11 is 2.95. The summed E-state index contributed by atoms with van der Waals surface area (Å²) in [6.45, 7) is 6.09. The third-order valence-electron chi connectivity index (χ3n) is 3.30. The number of carbonyl (C=O) groups is 1. The molecule has 0 bridgehead atoms. The van der Waals surface area contributed by atoms with E-state index in [9.17, 15) is 4.79 Å². The summed E-state index contributed by atoms with van der Waals surface area (Å²) in [7, 11) is 0. The Morgan fingerprint density at radius 2 is 2.12 bits per heavy atom. The topological polar surface area (TPSA) is 83.6 Å². The standard InChI is InChI=1S/C17H21N5OS2/c1-12(2)22-11-19-21-17(22)24-10-16(23)20-14-6-4-5-7-15(14)25-13(3)8-9-18/h4-7,11-13H,8,10H2,1-3H3,(H,20,23)/t13-/m0/s1. The van der Waals surface area contributed by atoms with Crippen molar-refractivity contribution in [2.24, 2.45) is 0 Å². The molecule has 0 radical (unpaired) electrons. The van der Waals surface area contributed by atoms with Crippen LogP contribution in [0.3, 0.4) is 0 Å². The van der Waals surface area contributed by atoms with Crippen molar-refractivity contribution < 1.29 is 4.79 Å². The van der Waals surface area contributed by atoms with E-state index in [2.05, 4.69) is 21.6 Å². The van der Waals surface area contributed by atoms with Gasteiger partial charge in [-0.1, -0.05) is 30.8 Å². The van der Waals surface area contributed by atoms with Crippen molar-refractivity contribution in [3.05, 3.63) is 30.6 Å². The zero-order valence-corrected chi connectivity index (χ0v) is 16.1. The zero-order valence-electron chi connectivity index (χ0n) is 14.5. The molecule has 0 aliphatic heterocycles. The van der Waals surface area contributed by atoms with Crippen molar-refractivity contribution >= 4 is 35.1 Å². The highest BCUT2D eigenvalue weighted by Crippen LogP contribution is 2.31. The van der Waals surface area contributed by atoms with Gasteiger partial charge in [-0.15, -0.1) is 22.0 Å². The van der Waals surface area contributed by atoms with Crippen LogP contribution in [0.4, 0.5) is 5.69 Å². The lowest BCUT2D eigenvalue weighted by atomic mass is 10.3. The highest BCUT2D eigenvalue weighted by molar-refractivity contribution is 8.00. The van der Waals surface area contributed by atoms with Crippen LogP contribution in [-0.2, 0) is 4.79 Å². The summed E-state index contributed by atoms with van der Waals surface area (Å²) in [6, 6.07) is 10.1. The van der Waals surface area contributed by atoms with Crippen molar-refractivity contribution in [3.8, 4) is 6.07 Å². The lowest BCUT2D eigenvalue weighted by Gasteiger charge is -2.13. The first-order valence-electron chi connectivity index (χ1n) is 7.96. The first-order chi connectivity index (χ1) is 12.0. The number of nitrogens with one attached hydrogen (secondary N) is 1. The second kappa shape index (κ2) is 9.49. The van der Waals surface area contributed by atoms with Crippen LogP contribution in [0.5, 0.6) is 0 Å². The molecule has 0 saturated heterocycles. The van der Waals surface area contributed by atoms with Gasteiger partial charge in [0.05, 0.1) is 17.5 Å². The predicted molar refractivity (Wildman–Crippen MR) is 102 cm³/mol. The molecule has 2 rings (SSSR count). The fraction of sp³-hybridized carbons (Fsp3) is 0.412. The van der Waals surface area contributed by atoms with Crippen LogP contribution in [0.2, 0.25) is 0 Å². The Kier molecular flexibility index (Phi) is 7.34. The number of aromatic nitrogens is 3. The summed E-state index contributed by atoms with van der Waals surface area (Å²) in [5.41, 5.74) is 0.771. The maximum absolute atomic E-state index is 12.3. The molecule has 1 aromatic heterocycles. The van der Waals surface area contributed by atoms with Gasteiger partial charge < -0.3 is 9.88 Å². The normalized spacial score (nSPS) is 12.0.